The van der Waals surface area contributed by atoms with E-state index in [-0.39, 0.29) is 17.5 Å². The Morgan fingerprint density at radius 1 is 1.42 bits per heavy atom. The first-order valence-corrected chi connectivity index (χ1v) is 3.84. The summed E-state index contributed by atoms with van der Waals surface area (Å²) < 4.78 is 4.64. The van der Waals surface area contributed by atoms with Gasteiger partial charge in [0.15, 0.2) is 11.5 Å². The maximum atomic E-state index is 10.9. The highest BCUT2D eigenvalue weighted by atomic mass is 16.5. The van der Waals surface area contributed by atoms with E-state index >= 15 is 0 Å². The molecule has 0 aliphatic rings. The van der Waals surface area contributed by atoms with Crippen molar-refractivity contribution < 1.29 is 14.3 Å². The lowest BCUT2D eigenvalue weighted by molar-refractivity contribution is -0.142. The van der Waals surface area contributed by atoms with Gasteiger partial charge in [-0.1, -0.05) is 20.4 Å². The number of hydrogen-bond acceptors (Lipinski definition) is 3. The van der Waals surface area contributed by atoms with Gasteiger partial charge in [0.1, 0.15) is 0 Å². The zero-order valence-corrected chi connectivity index (χ0v) is 7.72. The van der Waals surface area contributed by atoms with Gasteiger partial charge in [0, 0.05) is 13.3 Å². The minimum Gasteiger partial charge on any atom is -0.423 e. The molecule has 0 fully saturated rings. The second-order valence-corrected chi connectivity index (χ2v) is 3.05. The molecule has 0 atom stereocenters. The molecule has 0 aliphatic heterocycles. The molecule has 0 heterocycles. The van der Waals surface area contributed by atoms with Crippen molar-refractivity contribution in [2.75, 3.05) is 0 Å². The molecule has 0 unspecified atom stereocenters. The van der Waals surface area contributed by atoms with Crippen molar-refractivity contribution in [3.8, 4) is 0 Å². The topological polar surface area (TPSA) is 43.4 Å². The molecule has 0 spiro atoms. The molecule has 0 radical (unpaired) electrons. The molecule has 0 saturated heterocycles. The molecule has 0 bridgehead atoms. The molecule has 0 saturated carbocycles. The van der Waals surface area contributed by atoms with Gasteiger partial charge in [0.05, 0.1) is 0 Å². The van der Waals surface area contributed by atoms with Crippen LogP contribution in [0.2, 0.25) is 0 Å². The van der Waals surface area contributed by atoms with Gasteiger partial charge in [0.25, 0.3) is 0 Å². The number of hydrogen-bond donors (Lipinski definition) is 0. The Kier molecular flexibility index (Phi) is 4.26. The zero-order valence-electron chi connectivity index (χ0n) is 7.72. The number of Topliss-reactive ketones (excluding diaryl/α,β-unsaturated/α-hetero) is 1. The molecular formula is C9H14O3. The summed E-state index contributed by atoms with van der Waals surface area (Å²) in [6, 6.07) is 0. The van der Waals surface area contributed by atoms with Crippen LogP contribution in [0.4, 0.5) is 0 Å². The Hall–Kier alpha value is -1.12. The Balaban J connectivity index is 3.85. The van der Waals surface area contributed by atoms with Crippen LogP contribution in [0.1, 0.15) is 27.2 Å². The second kappa shape index (κ2) is 4.70. The monoisotopic (exact) mass is 170 g/mol. The highest BCUT2D eigenvalue weighted by molar-refractivity contribution is 5.93. The Bertz CT molecular complexity index is 204. The highest BCUT2D eigenvalue weighted by Crippen LogP contribution is 2.04. The van der Waals surface area contributed by atoms with E-state index in [4.69, 9.17) is 0 Å². The van der Waals surface area contributed by atoms with Crippen LogP contribution in [-0.2, 0) is 14.3 Å². The summed E-state index contributed by atoms with van der Waals surface area (Å²) in [5.41, 5.74) is 0. The third-order valence-electron chi connectivity index (χ3n) is 1.20. The lowest BCUT2D eigenvalue weighted by Gasteiger charge is -2.05. The summed E-state index contributed by atoms with van der Waals surface area (Å²) in [6.45, 7) is 8.42. The predicted octanol–water partition coefficient (Wildman–Crippen LogP) is 1.68. The smallest absolute Gasteiger partial charge is 0.311 e. The van der Waals surface area contributed by atoms with Crippen LogP contribution in [0.15, 0.2) is 12.3 Å². The van der Waals surface area contributed by atoms with Gasteiger partial charge in [-0.15, -0.1) is 0 Å². The van der Waals surface area contributed by atoms with Gasteiger partial charge < -0.3 is 4.74 Å². The van der Waals surface area contributed by atoms with Gasteiger partial charge in [-0.25, -0.2) is 0 Å². The van der Waals surface area contributed by atoms with E-state index in [1.54, 1.807) is 0 Å². The third-order valence-corrected chi connectivity index (χ3v) is 1.20. The summed E-state index contributed by atoms with van der Waals surface area (Å²) in [5, 5.41) is 0. The number of carbonyl (C=O) groups excluding carboxylic acids is 2. The highest BCUT2D eigenvalue weighted by Gasteiger charge is 2.10. The van der Waals surface area contributed by atoms with E-state index in [9.17, 15) is 9.59 Å². The van der Waals surface area contributed by atoms with Crippen LogP contribution < -0.4 is 0 Å². The van der Waals surface area contributed by atoms with E-state index in [1.807, 2.05) is 13.8 Å². The number of esters is 1. The Morgan fingerprint density at radius 2 is 1.92 bits per heavy atom. The van der Waals surface area contributed by atoms with Crippen molar-refractivity contribution in [3.63, 3.8) is 0 Å². The SMILES string of the molecule is C=C(OC(=O)CC(C)C)C(C)=O. The van der Waals surface area contributed by atoms with Crippen molar-refractivity contribution in [3.05, 3.63) is 12.3 Å². The first-order valence-electron chi connectivity index (χ1n) is 3.84. The minimum absolute atomic E-state index is 0.0827. The van der Waals surface area contributed by atoms with Crippen LogP contribution in [-0.4, -0.2) is 11.8 Å². The first kappa shape index (κ1) is 10.9. The van der Waals surface area contributed by atoms with E-state index in [1.165, 1.54) is 6.92 Å². The largest absolute Gasteiger partial charge is 0.423 e. The summed E-state index contributed by atoms with van der Waals surface area (Å²) in [6.07, 6.45) is 0.312. The van der Waals surface area contributed by atoms with Gasteiger partial charge in [-0.2, -0.15) is 0 Å². The van der Waals surface area contributed by atoms with Gasteiger partial charge in [0.2, 0.25) is 0 Å². The van der Waals surface area contributed by atoms with Crippen molar-refractivity contribution >= 4 is 11.8 Å². The molecule has 68 valence electrons. The van der Waals surface area contributed by atoms with Crippen LogP contribution in [0.5, 0.6) is 0 Å². The average molecular weight is 170 g/mol. The standard InChI is InChI=1S/C9H14O3/c1-6(2)5-9(11)12-8(4)7(3)10/h6H,4-5H2,1-3H3. The summed E-state index contributed by atoms with van der Waals surface area (Å²) in [5.74, 6) is -0.560. The Morgan fingerprint density at radius 3 is 2.25 bits per heavy atom. The fraction of sp³-hybridized carbons (Fsp3) is 0.556. The van der Waals surface area contributed by atoms with Crippen LogP contribution >= 0.6 is 0 Å². The lowest BCUT2D eigenvalue weighted by atomic mass is 10.1. The first-order chi connectivity index (χ1) is 5.43. The fourth-order valence-corrected chi connectivity index (χ4v) is 0.584. The summed E-state index contributed by atoms with van der Waals surface area (Å²) in [7, 11) is 0. The normalized spacial score (nSPS) is 9.67. The molecule has 12 heavy (non-hydrogen) atoms. The molecule has 0 aromatic heterocycles. The van der Waals surface area contributed by atoms with Crippen molar-refractivity contribution in [2.45, 2.75) is 27.2 Å². The number of ether oxygens (including phenoxy) is 1. The molecule has 0 aromatic rings. The fourth-order valence-electron chi connectivity index (χ4n) is 0.584. The number of ketones is 1. The van der Waals surface area contributed by atoms with Crippen LogP contribution in [0.3, 0.4) is 0 Å². The maximum Gasteiger partial charge on any atom is 0.311 e. The molecule has 0 aliphatic carbocycles. The molecular weight excluding hydrogens is 156 g/mol. The molecule has 3 heteroatoms. The Labute approximate surface area is 72.4 Å². The van der Waals surface area contributed by atoms with Gasteiger partial charge >= 0.3 is 5.97 Å². The van der Waals surface area contributed by atoms with E-state index < -0.39 is 5.97 Å². The van der Waals surface area contributed by atoms with Crippen molar-refractivity contribution in [2.24, 2.45) is 5.92 Å². The number of rotatable bonds is 4. The predicted molar refractivity (Wildman–Crippen MR) is 45.4 cm³/mol. The maximum absolute atomic E-state index is 10.9. The van der Waals surface area contributed by atoms with Crippen molar-refractivity contribution in [1.29, 1.82) is 0 Å². The number of allylic oxidation sites excluding steroid dienone is 1. The molecule has 0 N–H and O–H groups in total. The quantitative estimate of drug-likeness (QED) is 0.366. The van der Waals surface area contributed by atoms with Gasteiger partial charge in [-0.3, -0.25) is 9.59 Å². The summed E-state index contributed by atoms with van der Waals surface area (Å²) >= 11 is 0. The van der Waals surface area contributed by atoms with Crippen LogP contribution in [0, 0.1) is 5.92 Å². The van der Waals surface area contributed by atoms with Crippen LogP contribution in [0.25, 0.3) is 0 Å². The van der Waals surface area contributed by atoms with E-state index in [0.717, 1.165) is 0 Å². The molecule has 0 amide bonds. The summed E-state index contributed by atoms with van der Waals surface area (Å²) in [4.78, 5) is 21.5. The lowest BCUT2D eigenvalue weighted by Crippen LogP contribution is -2.10. The second-order valence-electron chi connectivity index (χ2n) is 3.05. The minimum atomic E-state index is -0.398. The van der Waals surface area contributed by atoms with E-state index in [2.05, 4.69) is 11.3 Å². The average Bonchev–Trinajstić information content (AvgIpc) is 1.84. The third kappa shape index (κ3) is 4.66. The van der Waals surface area contributed by atoms with E-state index in [0.29, 0.717) is 6.42 Å². The zero-order chi connectivity index (χ0) is 9.72. The molecule has 0 aromatic carbocycles. The molecule has 3 nitrogen and oxygen atoms in total. The number of carbonyl (C=O) groups is 2. The van der Waals surface area contributed by atoms with Crippen molar-refractivity contribution in [1.82, 2.24) is 0 Å². The van der Waals surface area contributed by atoms with Gasteiger partial charge in [-0.05, 0) is 5.92 Å². The molecule has 0 rings (SSSR count).